The second kappa shape index (κ2) is 3.35. The molecule has 0 radical (unpaired) electrons. The third-order valence-corrected chi connectivity index (χ3v) is 3.40. The molecule has 0 amide bonds. The number of nitrogens with two attached hydrogens (primary N) is 1. The lowest BCUT2D eigenvalue weighted by molar-refractivity contribution is 0.0631. The van der Waals surface area contributed by atoms with E-state index in [4.69, 9.17) is 5.73 Å². The highest BCUT2D eigenvalue weighted by atomic mass is 16.3. The Morgan fingerprint density at radius 1 is 0.917 bits per heavy atom. The second-order valence-corrected chi connectivity index (χ2v) is 4.50. The first-order chi connectivity index (χ1) is 5.77. The zero-order chi connectivity index (χ0) is 8.55. The molecular weight excluding hydrogens is 150 g/mol. The van der Waals surface area contributed by atoms with Gasteiger partial charge in [-0.15, -0.1) is 0 Å². The molecule has 1 atom stereocenters. The molecule has 2 aliphatic carbocycles. The normalized spacial score (nSPS) is 39.5. The molecule has 0 bridgehead atoms. The van der Waals surface area contributed by atoms with Crippen LogP contribution in [0.3, 0.4) is 0 Å². The summed E-state index contributed by atoms with van der Waals surface area (Å²) in [5.74, 6) is 1.21. The Bertz CT molecular complexity index is 148. The van der Waals surface area contributed by atoms with Gasteiger partial charge in [0, 0.05) is 6.04 Å². The fraction of sp³-hybridized carbons (Fsp3) is 1.00. The van der Waals surface area contributed by atoms with Crippen LogP contribution in [0.5, 0.6) is 0 Å². The molecule has 0 heterocycles. The Morgan fingerprint density at radius 2 is 1.33 bits per heavy atom. The molecule has 0 spiro atoms. The summed E-state index contributed by atoms with van der Waals surface area (Å²) in [5, 5.41) is 9.86. The van der Waals surface area contributed by atoms with E-state index in [1.54, 1.807) is 0 Å². The van der Waals surface area contributed by atoms with Crippen molar-refractivity contribution in [1.29, 1.82) is 0 Å². The van der Waals surface area contributed by atoms with Crippen molar-refractivity contribution in [1.82, 2.24) is 0 Å². The molecule has 2 nitrogen and oxygen atoms in total. The van der Waals surface area contributed by atoms with Gasteiger partial charge in [0.1, 0.15) is 0 Å². The first-order valence-electron chi connectivity index (χ1n) is 5.21. The molecular formula is C10H19NO. The molecule has 2 fully saturated rings. The molecule has 3 N–H and O–H groups in total. The number of rotatable bonds is 2. The molecule has 12 heavy (non-hydrogen) atoms. The zero-order valence-electron chi connectivity index (χ0n) is 7.58. The minimum Gasteiger partial charge on any atom is -0.393 e. The lowest BCUT2D eigenvalue weighted by atomic mass is 9.81. The molecule has 1 unspecified atom stereocenters. The maximum Gasteiger partial charge on any atom is 0.0596 e. The van der Waals surface area contributed by atoms with Crippen LogP contribution in [0, 0.1) is 11.8 Å². The van der Waals surface area contributed by atoms with Gasteiger partial charge >= 0.3 is 0 Å². The van der Waals surface area contributed by atoms with Gasteiger partial charge in [-0.25, -0.2) is 0 Å². The summed E-state index contributed by atoms with van der Waals surface area (Å²) in [4.78, 5) is 0. The van der Waals surface area contributed by atoms with Gasteiger partial charge in [0.05, 0.1) is 6.10 Å². The molecule has 2 rings (SSSR count). The number of aliphatic hydroxyl groups excluding tert-OH is 1. The van der Waals surface area contributed by atoms with Crippen LogP contribution >= 0.6 is 0 Å². The predicted octanol–water partition coefficient (Wildman–Crippen LogP) is 1.27. The van der Waals surface area contributed by atoms with Crippen molar-refractivity contribution in [3.63, 3.8) is 0 Å². The van der Waals surface area contributed by atoms with Crippen LogP contribution in [-0.2, 0) is 0 Å². The number of aliphatic hydroxyl groups is 1. The van der Waals surface area contributed by atoms with E-state index in [2.05, 4.69) is 0 Å². The molecule has 70 valence electrons. The third-order valence-electron chi connectivity index (χ3n) is 3.40. The summed E-state index contributed by atoms with van der Waals surface area (Å²) in [5.41, 5.74) is 5.81. The number of hydrogen-bond acceptors (Lipinski definition) is 2. The van der Waals surface area contributed by atoms with Gasteiger partial charge in [-0.2, -0.15) is 0 Å². The average molecular weight is 169 g/mol. The first kappa shape index (κ1) is 8.52. The van der Waals surface area contributed by atoms with Crippen molar-refractivity contribution in [2.75, 3.05) is 0 Å². The molecule has 0 aliphatic heterocycles. The zero-order valence-corrected chi connectivity index (χ0v) is 7.58. The van der Waals surface area contributed by atoms with Gasteiger partial charge in [-0.05, 0) is 50.4 Å². The summed E-state index contributed by atoms with van der Waals surface area (Å²) in [6.45, 7) is 0. The van der Waals surface area contributed by atoms with E-state index in [0.29, 0.717) is 17.9 Å². The second-order valence-electron chi connectivity index (χ2n) is 4.50. The molecule has 0 aromatic carbocycles. The standard InChI is InChI=1S/C10H19NO/c11-9-5-3-8(4-6-9)10(12)7-1-2-7/h7-10,12H,1-6,11H2. The van der Waals surface area contributed by atoms with Crippen molar-refractivity contribution in [2.45, 2.75) is 50.7 Å². The summed E-state index contributed by atoms with van der Waals surface area (Å²) >= 11 is 0. The van der Waals surface area contributed by atoms with Crippen LogP contribution in [0.15, 0.2) is 0 Å². The van der Waals surface area contributed by atoms with Crippen LogP contribution in [0.4, 0.5) is 0 Å². The van der Waals surface area contributed by atoms with Crippen molar-refractivity contribution in [2.24, 2.45) is 17.6 Å². The van der Waals surface area contributed by atoms with Gasteiger partial charge < -0.3 is 10.8 Å². The Hall–Kier alpha value is -0.0800. The van der Waals surface area contributed by atoms with Gasteiger partial charge in [-0.3, -0.25) is 0 Å². The van der Waals surface area contributed by atoms with Gasteiger partial charge in [-0.1, -0.05) is 0 Å². The van der Waals surface area contributed by atoms with E-state index in [1.165, 1.54) is 12.8 Å². The van der Waals surface area contributed by atoms with E-state index < -0.39 is 0 Å². The first-order valence-corrected chi connectivity index (χ1v) is 5.21. The van der Waals surface area contributed by atoms with E-state index in [9.17, 15) is 5.11 Å². The lowest BCUT2D eigenvalue weighted by Gasteiger charge is -2.29. The summed E-state index contributed by atoms with van der Waals surface area (Å²) < 4.78 is 0. The van der Waals surface area contributed by atoms with Crippen molar-refractivity contribution < 1.29 is 5.11 Å². The van der Waals surface area contributed by atoms with Crippen molar-refractivity contribution in [3.8, 4) is 0 Å². The highest BCUT2D eigenvalue weighted by Crippen LogP contribution is 2.39. The fourth-order valence-corrected chi connectivity index (χ4v) is 2.31. The quantitative estimate of drug-likeness (QED) is 0.654. The van der Waals surface area contributed by atoms with Crippen LogP contribution in [-0.4, -0.2) is 17.3 Å². The molecule has 0 saturated heterocycles. The average Bonchev–Trinajstić information content (AvgIpc) is 2.87. The minimum atomic E-state index is -0.00231. The highest BCUT2D eigenvalue weighted by molar-refractivity contribution is 4.88. The van der Waals surface area contributed by atoms with Gasteiger partial charge in [0.25, 0.3) is 0 Å². The Kier molecular flexibility index (Phi) is 2.37. The minimum absolute atomic E-state index is 0.00231. The van der Waals surface area contributed by atoms with Gasteiger partial charge in [0.15, 0.2) is 0 Å². The SMILES string of the molecule is NC1CCC(C(O)C2CC2)CC1. The molecule has 0 aromatic rings. The monoisotopic (exact) mass is 169 g/mol. The highest BCUT2D eigenvalue weighted by Gasteiger charge is 2.36. The third kappa shape index (κ3) is 1.80. The van der Waals surface area contributed by atoms with Crippen LogP contribution in [0.2, 0.25) is 0 Å². The molecule has 2 saturated carbocycles. The molecule has 2 aliphatic rings. The molecule has 2 heteroatoms. The molecule has 0 aromatic heterocycles. The topological polar surface area (TPSA) is 46.2 Å². The smallest absolute Gasteiger partial charge is 0.0596 e. The number of hydrogen-bond donors (Lipinski definition) is 2. The Balaban J connectivity index is 1.80. The van der Waals surface area contributed by atoms with Crippen molar-refractivity contribution >= 4 is 0 Å². The lowest BCUT2D eigenvalue weighted by Crippen LogP contribution is -2.32. The van der Waals surface area contributed by atoms with Crippen molar-refractivity contribution in [3.05, 3.63) is 0 Å². The van der Waals surface area contributed by atoms with E-state index in [-0.39, 0.29) is 6.10 Å². The van der Waals surface area contributed by atoms with E-state index >= 15 is 0 Å². The van der Waals surface area contributed by atoms with Crippen LogP contribution < -0.4 is 5.73 Å². The maximum atomic E-state index is 9.86. The fourth-order valence-electron chi connectivity index (χ4n) is 2.31. The predicted molar refractivity (Wildman–Crippen MR) is 48.7 cm³/mol. The van der Waals surface area contributed by atoms with E-state index in [0.717, 1.165) is 25.7 Å². The summed E-state index contributed by atoms with van der Waals surface area (Å²) in [6, 6.07) is 0.410. The van der Waals surface area contributed by atoms with Crippen LogP contribution in [0.1, 0.15) is 38.5 Å². The summed E-state index contributed by atoms with van der Waals surface area (Å²) in [6.07, 6.45) is 7.05. The Morgan fingerprint density at radius 3 is 1.75 bits per heavy atom. The van der Waals surface area contributed by atoms with Gasteiger partial charge in [0.2, 0.25) is 0 Å². The Labute approximate surface area is 74.1 Å². The summed E-state index contributed by atoms with van der Waals surface area (Å²) in [7, 11) is 0. The largest absolute Gasteiger partial charge is 0.393 e. The van der Waals surface area contributed by atoms with Crippen LogP contribution in [0.25, 0.3) is 0 Å². The van der Waals surface area contributed by atoms with E-state index in [1.807, 2.05) is 0 Å². The maximum absolute atomic E-state index is 9.86.